The molecule has 3 rings (SSSR count). The maximum Gasteiger partial charge on any atom is 0.271 e. The van der Waals surface area contributed by atoms with Crippen molar-refractivity contribution in [1.82, 2.24) is 0 Å². The molecule has 1 aliphatic heterocycles. The summed E-state index contributed by atoms with van der Waals surface area (Å²) < 4.78 is 19.1. The second-order valence-electron chi connectivity index (χ2n) is 6.50. The molecule has 0 aromatic heterocycles. The Bertz CT molecular complexity index is 879. The summed E-state index contributed by atoms with van der Waals surface area (Å²) in [4.78, 5) is 26.8. The number of Topliss-reactive ketones (excluding diaryl/α,β-unsaturated/α-hetero) is 1. The van der Waals surface area contributed by atoms with Gasteiger partial charge in [0.05, 0.1) is 12.2 Å². The molecule has 1 amide bonds. The van der Waals surface area contributed by atoms with Crippen LogP contribution in [0.5, 0.6) is 5.75 Å². The van der Waals surface area contributed by atoms with Crippen molar-refractivity contribution < 1.29 is 18.7 Å². The number of halogens is 2. The van der Waals surface area contributed by atoms with Gasteiger partial charge in [-0.3, -0.25) is 14.5 Å². The van der Waals surface area contributed by atoms with E-state index in [1.807, 2.05) is 0 Å². The number of amides is 1. The zero-order valence-electron chi connectivity index (χ0n) is 14.1. The second-order valence-corrected chi connectivity index (χ2v) is 6.94. The van der Waals surface area contributed by atoms with Crippen molar-refractivity contribution >= 4 is 29.0 Å². The normalized spacial score (nSPS) is 15.6. The highest BCUT2D eigenvalue weighted by Crippen LogP contribution is 2.39. The molecule has 0 fully saturated rings. The first kappa shape index (κ1) is 17.4. The lowest BCUT2D eigenvalue weighted by Crippen LogP contribution is -2.53. The van der Waals surface area contributed by atoms with E-state index in [1.54, 1.807) is 39.0 Å². The Morgan fingerprint density at radius 1 is 1.24 bits per heavy atom. The average Bonchev–Trinajstić information content (AvgIpc) is 2.55. The van der Waals surface area contributed by atoms with Crippen LogP contribution in [-0.2, 0) is 4.79 Å². The van der Waals surface area contributed by atoms with E-state index in [2.05, 4.69) is 0 Å². The quantitative estimate of drug-likeness (QED) is 0.771. The van der Waals surface area contributed by atoms with Gasteiger partial charge in [-0.25, -0.2) is 4.39 Å². The third-order valence-corrected chi connectivity index (χ3v) is 4.35. The molecule has 1 aliphatic rings. The second kappa shape index (κ2) is 6.15. The van der Waals surface area contributed by atoms with Crippen LogP contribution in [0.3, 0.4) is 0 Å². The van der Waals surface area contributed by atoms with Gasteiger partial charge in [-0.15, -0.1) is 0 Å². The van der Waals surface area contributed by atoms with Gasteiger partial charge in [0.15, 0.2) is 11.4 Å². The summed E-state index contributed by atoms with van der Waals surface area (Å²) in [5.41, 5.74) is 0.0753. The fraction of sp³-hybridized carbons (Fsp3) is 0.263. The number of fused-ring (bicyclic) bond motifs is 1. The third kappa shape index (κ3) is 3.24. The SMILES string of the molecule is Cc1cc(C(=O)CN2C(=O)C(C)(C)Oc3ccc(Cl)cc32)ccc1F. The van der Waals surface area contributed by atoms with E-state index in [-0.39, 0.29) is 24.1 Å². The van der Waals surface area contributed by atoms with Crippen molar-refractivity contribution in [2.45, 2.75) is 26.4 Å². The lowest BCUT2D eigenvalue weighted by Gasteiger charge is -2.38. The fourth-order valence-electron chi connectivity index (χ4n) is 2.75. The Labute approximate surface area is 150 Å². The summed E-state index contributed by atoms with van der Waals surface area (Å²) in [6.45, 7) is 4.70. The van der Waals surface area contributed by atoms with Crippen LogP contribution in [0.25, 0.3) is 0 Å². The van der Waals surface area contributed by atoms with Crippen molar-refractivity contribution in [2.75, 3.05) is 11.4 Å². The predicted molar refractivity (Wildman–Crippen MR) is 94.0 cm³/mol. The highest BCUT2D eigenvalue weighted by Gasteiger charge is 2.41. The molecule has 2 aromatic rings. The molecule has 0 atom stereocenters. The Morgan fingerprint density at radius 3 is 2.64 bits per heavy atom. The van der Waals surface area contributed by atoms with Gasteiger partial charge in [0.25, 0.3) is 5.91 Å². The van der Waals surface area contributed by atoms with E-state index in [1.165, 1.54) is 23.1 Å². The van der Waals surface area contributed by atoms with Gasteiger partial charge in [0.2, 0.25) is 0 Å². The van der Waals surface area contributed by atoms with Gasteiger partial charge in [0.1, 0.15) is 11.6 Å². The first-order valence-corrected chi connectivity index (χ1v) is 8.17. The highest BCUT2D eigenvalue weighted by molar-refractivity contribution is 6.31. The van der Waals surface area contributed by atoms with E-state index < -0.39 is 5.60 Å². The number of hydrogen-bond acceptors (Lipinski definition) is 3. The van der Waals surface area contributed by atoms with Crippen LogP contribution in [0, 0.1) is 12.7 Å². The molecule has 4 nitrogen and oxygen atoms in total. The molecule has 6 heteroatoms. The molecule has 130 valence electrons. The third-order valence-electron chi connectivity index (χ3n) is 4.12. The lowest BCUT2D eigenvalue weighted by molar-refractivity contribution is -0.132. The number of carbonyl (C=O) groups is 2. The van der Waals surface area contributed by atoms with Crippen LogP contribution < -0.4 is 9.64 Å². The van der Waals surface area contributed by atoms with E-state index in [4.69, 9.17) is 16.3 Å². The van der Waals surface area contributed by atoms with E-state index in [9.17, 15) is 14.0 Å². The zero-order valence-corrected chi connectivity index (χ0v) is 14.9. The zero-order chi connectivity index (χ0) is 18.4. The summed E-state index contributed by atoms with van der Waals surface area (Å²) in [6, 6.07) is 9.07. The highest BCUT2D eigenvalue weighted by atomic mass is 35.5. The first-order valence-electron chi connectivity index (χ1n) is 7.79. The van der Waals surface area contributed by atoms with Crippen LogP contribution in [0.2, 0.25) is 5.02 Å². The molecular weight excluding hydrogens is 345 g/mol. The van der Waals surface area contributed by atoms with Crippen LogP contribution in [0.4, 0.5) is 10.1 Å². The van der Waals surface area contributed by atoms with Crippen LogP contribution >= 0.6 is 11.6 Å². The molecule has 0 saturated carbocycles. The number of aryl methyl sites for hydroxylation is 1. The Kier molecular flexibility index (Phi) is 4.29. The van der Waals surface area contributed by atoms with E-state index in [0.717, 1.165) is 0 Å². The predicted octanol–water partition coefficient (Wildman–Crippen LogP) is 4.17. The number of ether oxygens (including phenoxy) is 1. The molecule has 0 N–H and O–H groups in total. The maximum atomic E-state index is 13.4. The fourth-order valence-corrected chi connectivity index (χ4v) is 2.92. The minimum Gasteiger partial charge on any atom is -0.476 e. The molecule has 0 unspecified atom stereocenters. The number of carbonyl (C=O) groups excluding carboxylic acids is 2. The number of anilines is 1. The van der Waals surface area contributed by atoms with E-state index >= 15 is 0 Å². The van der Waals surface area contributed by atoms with Crippen molar-refractivity contribution in [1.29, 1.82) is 0 Å². The van der Waals surface area contributed by atoms with Gasteiger partial charge in [-0.05, 0) is 62.7 Å². The summed E-state index contributed by atoms with van der Waals surface area (Å²) >= 11 is 6.03. The van der Waals surface area contributed by atoms with Gasteiger partial charge in [-0.2, -0.15) is 0 Å². The summed E-state index contributed by atoms with van der Waals surface area (Å²) in [5.74, 6) is -0.524. The van der Waals surface area contributed by atoms with Crippen molar-refractivity contribution in [2.24, 2.45) is 0 Å². The summed E-state index contributed by atoms with van der Waals surface area (Å²) in [7, 11) is 0. The van der Waals surface area contributed by atoms with Crippen molar-refractivity contribution in [3.05, 3.63) is 58.4 Å². The number of nitrogens with zero attached hydrogens (tertiary/aromatic N) is 1. The molecule has 1 heterocycles. The van der Waals surface area contributed by atoms with Crippen molar-refractivity contribution in [3.8, 4) is 5.75 Å². The molecule has 0 radical (unpaired) electrons. The van der Waals surface area contributed by atoms with Gasteiger partial charge < -0.3 is 4.74 Å². The van der Waals surface area contributed by atoms with Gasteiger partial charge >= 0.3 is 0 Å². The summed E-state index contributed by atoms with van der Waals surface area (Å²) in [6.07, 6.45) is 0. The maximum absolute atomic E-state index is 13.4. The lowest BCUT2D eigenvalue weighted by atomic mass is 10.0. The molecule has 0 saturated heterocycles. The minimum absolute atomic E-state index is 0.177. The largest absolute Gasteiger partial charge is 0.476 e. The Hall–Kier alpha value is -2.40. The topological polar surface area (TPSA) is 46.6 Å². The van der Waals surface area contributed by atoms with Gasteiger partial charge in [0, 0.05) is 10.6 Å². The average molecular weight is 362 g/mol. The monoisotopic (exact) mass is 361 g/mol. The molecule has 0 aliphatic carbocycles. The molecule has 2 aromatic carbocycles. The van der Waals surface area contributed by atoms with Crippen LogP contribution in [0.1, 0.15) is 29.8 Å². The number of ketones is 1. The summed E-state index contributed by atoms with van der Waals surface area (Å²) in [5, 5.41) is 0.435. The number of hydrogen-bond donors (Lipinski definition) is 0. The molecule has 25 heavy (non-hydrogen) atoms. The smallest absolute Gasteiger partial charge is 0.271 e. The van der Waals surface area contributed by atoms with E-state index in [0.29, 0.717) is 27.6 Å². The first-order chi connectivity index (χ1) is 11.7. The van der Waals surface area contributed by atoms with Crippen molar-refractivity contribution in [3.63, 3.8) is 0 Å². The number of rotatable bonds is 3. The molecule has 0 bridgehead atoms. The molecular formula is C19H17ClFNO3. The van der Waals surface area contributed by atoms with Crippen LogP contribution in [-0.4, -0.2) is 23.8 Å². The Morgan fingerprint density at radius 2 is 1.96 bits per heavy atom. The standard InChI is InChI=1S/C19H17ClFNO3/c1-11-8-12(4-6-14(11)21)16(23)10-22-15-9-13(20)5-7-17(15)25-19(2,3)18(22)24/h4-9H,10H2,1-3H3. The Balaban J connectivity index is 1.97. The van der Waals surface area contributed by atoms with Gasteiger partial charge in [-0.1, -0.05) is 11.6 Å². The number of benzene rings is 2. The molecule has 0 spiro atoms. The minimum atomic E-state index is -1.10. The van der Waals surface area contributed by atoms with Crippen LogP contribution in [0.15, 0.2) is 36.4 Å².